The summed E-state index contributed by atoms with van der Waals surface area (Å²) >= 11 is 0. The van der Waals surface area contributed by atoms with E-state index < -0.39 is 0 Å². The van der Waals surface area contributed by atoms with Crippen molar-refractivity contribution in [3.8, 4) is 28.4 Å². The molecule has 0 amide bonds. The number of rotatable bonds is 3. The van der Waals surface area contributed by atoms with Crippen molar-refractivity contribution in [2.75, 3.05) is 12.8 Å². The Morgan fingerprint density at radius 3 is 2.91 bits per heavy atom. The van der Waals surface area contributed by atoms with Crippen LogP contribution in [0.4, 0.5) is 5.82 Å². The fraction of sp³-hybridized carbons (Fsp3) is 0.0667. The minimum atomic E-state index is 0.445. The van der Waals surface area contributed by atoms with Crippen molar-refractivity contribution >= 4 is 11.5 Å². The summed E-state index contributed by atoms with van der Waals surface area (Å²) in [5.74, 6) is 1.07. The molecule has 23 heavy (non-hydrogen) atoms. The number of aromatic nitrogens is 6. The first kappa shape index (κ1) is 13.3. The molecule has 0 unspecified atom stereocenters. The Bertz CT molecular complexity index is 975. The Hall–Kier alpha value is -3.42. The highest BCUT2D eigenvalue weighted by Crippen LogP contribution is 2.29. The largest absolute Gasteiger partial charge is 0.494 e. The molecule has 0 bridgehead atoms. The van der Waals surface area contributed by atoms with Crippen LogP contribution in [-0.4, -0.2) is 36.9 Å². The quantitative estimate of drug-likeness (QED) is 0.597. The van der Waals surface area contributed by atoms with E-state index in [0.29, 0.717) is 28.6 Å². The van der Waals surface area contributed by atoms with Crippen LogP contribution in [0, 0.1) is 0 Å². The van der Waals surface area contributed by atoms with Gasteiger partial charge in [0.15, 0.2) is 11.4 Å². The van der Waals surface area contributed by atoms with Crippen molar-refractivity contribution in [1.82, 2.24) is 29.8 Å². The number of aromatic amines is 1. The Morgan fingerprint density at radius 2 is 2.17 bits per heavy atom. The van der Waals surface area contributed by atoms with E-state index in [1.165, 1.54) is 0 Å². The number of nitrogens with one attached hydrogen (secondary N) is 1. The lowest BCUT2D eigenvalue weighted by molar-refractivity contribution is 0.414. The summed E-state index contributed by atoms with van der Waals surface area (Å²) in [7, 11) is 1.60. The number of fused-ring (bicyclic) bond motifs is 1. The Kier molecular flexibility index (Phi) is 2.94. The van der Waals surface area contributed by atoms with Crippen molar-refractivity contribution < 1.29 is 4.74 Å². The lowest BCUT2D eigenvalue weighted by Crippen LogP contribution is -2.01. The Morgan fingerprint density at radius 1 is 1.26 bits per heavy atom. The van der Waals surface area contributed by atoms with Gasteiger partial charge in [-0.1, -0.05) is 6.07 Å². The first-order valence-corrected chi connectivity index (χ1v) is 6.91. The number of pyridine rings is 1. The van der Waals surface area contributed by atoms with E-state index >= 15 is 0 Å². The maximum Gasteiger partial charge on any atom is 0.157 e. The van der Waals surface area contributed by atoms with Crippen molar-refractivity contribution in [3.63, 3.8) is 0 Å². The molecule has 0 aromatic carbocycles. The van der Waals surface area contributed by atoms with Crippen LogP contribution in [0.2, 0.25) is 0 Å². The minimum Gasteiger partial charge on any atom is -0.494 e. The smallest absolute Gasteiger partial charge is 0.157 e. The second-order valence-corrected chi connectivity index (χ2v) is 4.91. The van der Waals surface area contributed by atoms with Gasteiger partial charge in [-0.05, 0) is 12.1 Å². The fourth-order valence-corrected chi connectivity index (χ4v) is 2.40. The number of hydrogen-bond donors (Lipinski definition) is 2. The van der Waals surface area contributed by atoms with Crippen molar-refractivity contribution in [3.05, 3.63) is 42.9 Å². The van der Waals surface area contributed by atoms with Gasteiger partial charge in [0, 0.05) is 17.8 Å². The Labute approximate surface area is 131 Å². The van der Waals surface area contributed by atoms with E-state index in [0.717, 1.165) is 11.3 Å². The predicted molar refractivity (Wildman–Crippen MR) is 84.8 cm³/mol. The molecule has 0 aliphatic heterocycles. The zero-order valence-corrected chi connectivity index (χ0v) is 12.3. The number of nitrogens with two attached hydrogens (primary N) is 1. The molecule has 0 aliphatic rings. The van der Waals surface area contributed by atoms with E-state index in [1.807, 2.05) is 18.2 Å². The summed E-state index contributed by atoms with van der Waals surface area (Å²) in [5, 5.41) is 11.4. The monoisotopic (exact) mass is 307 g/mol. The van der Waals surface area contributed by atoms with Crippen LogP contribution in [0.15, 0.2) is 42.9 Å². The van der Waals surface area contributed by atoms with E-state index in [1.54, 1.807) is 36.3 Å². The van der Waals surface area contributed by atoms with Crippen molar-refractivity contribution in [2.45, 2.75) is 0 Å². The molecule has 0 fully saturated rings. The van der Waals surface area contributed by atoms with Crippen LogP contribution in [0.3, 0.4) is 0 Å². The van der Waals surface area contributed by atoms with Gasteiger partial charge in [0.25, 0.3) is 0 Å². The molecule has 8 heteroatoms. The van der Waals surface area contributed by atoms with E-state index in [4.69, 9.17) is 10.5 Å². The van der Waals surface area contributed by atoms with Crippen molar-refractivity contribution in [2.24, 2.45) is 0 Å². The highest BCUT2D eigenvalue weighted by Gasteiger charge is 2.15. The van der Waals surface area contributed by atoms with Crippen molar-refractivity contribution in [1.29, 1.82) is 0 Å². The summed E-state index contributed by atoms with van der Waals surface area (Å²) in [5.41, 5.74) is 9.37. The maximum atomic E-state index is 5.77. The number of nitrogen functional groups attached to an aromatic ring is 1. The number of anilines is 1. The third kappa shape index (κ3) is 2.16. The summed E-state index contributed by atoms with van der Waals surface area (Å²) in [6.45, 7) is 0. The lowest BCUT2D eigenvalue weighted by atomic mass is 10.2. The Balaban J connectivity index is 1.97. The highest BCUT2D eigenvalue weighted by molar-refractivity contribution is 5.69. The second-order valence-electron chi connectivity index (χ2n) is 4.91. The molecule has 0 saturated heterocycles. The van der Waals surface area contributed by atoms with Gasteiger partial charge in [-0.15, -0.1) is 0 Å². The average Bonchev–Trinajstić information content (AvgIpc) is 3.22. The molecular formula is C15H13N7O. The number of imidazole rings is 1. The average molecular weight is 307 g/mol. The van der Waals surface area contributed by atoms with Crippen LogP contribution < -0.4 is 10.5 Å². The van der Waals surface area contributed by atoms with Gasteiger partial charge in [-0.2, -0.15) is 10.2 Å². The highest BCUT2D eigenvalue weighted by atomic mass is 16.5. The molecule has 114 valence electrons. The minimum absolute atomic E-state index is 0.445. The molecule has 4 rings (SSSR count). The molecular weight excluding hydrogens is 294 g/mol. The third-order valence-electron chi connectivity index (χ3n) is 3.48. The SMILES string of the molecule is COc1cc2ncc(-c3cccc(N)n3)n2nc1-c1cn[nH]c1. The molecule has 0 aliphatic carbocycles. The molecule has 8 nitrogen and oxygen atoms in total. The zero-order valence-electron chi connectivity index (χ0n) is 12.3. The fourth-order valence-electron chi connectivity index (χ4n) is 2.40. The molecule has 0 spiro atoms. The standard InChI is InChI=1S/C15H13N7O/c1-23-12-5-14-17-8-11(10-3-2-4-13(16)20-10)22(14)21-15(12)9-6-18-19-7-9/h2-8H,1H3,(H2,16,20)(H,18,19). The third-order valence-corrected chi connectivity index (χ3v) is 3.48. The first-order chi connectivity index (χ1) is 11.3. The van der Waals surface area contributed by atoms with Crippen LogP contribution in [-0.2, 0) is 0 Å². The van der Waals surface area contributed by atoms with Gasteiger partial charge >= 0.3 is 0 Å². The van der Waals surface area contributed by atoms with E-state index in [9.17, 15) is 0 Å². The number of ether oxygens (including phenoxy) is 1. The summed E-state index contributed by atoms with van der Waals surface area (Å²) in [4.78, 5) is 8.70. The summed E-state index contributed by atoms with van der Waals surface area (Å²) in [6, 6.07) is 7.27. The molecule has 4 aromatic heterocycles. The number of methoxy groups -OCH3 is 1. The zero-order chi connectivity index (χ0) is 15.8. The maximum absolute atomic E-state index is 5.77. The van der Waals surface area contributed by atoms with Gasteiger partial charge in [-0.3, -0.25) is 5.10 Å². The lowest BCUT2D eigenvalue weighted by Gasteiger charge is -2.08. The number of nitrogens with zero attached hydrogens (tertiary/aromatic N) is 5. The molecule has 0 radical (unpaired) electrons. The molecule has 0 saturated carbocycles. The predicted octanol–water partition coefficient (Wildman–Crippen LogP) is 1.77. The van der Waals surface area contributed by atoms with Crippen LogP contribution >= 0.6 is 0 Å². The number of H-pyrrole nitrogens is 1. The van der Waals surface area contributed by atoms with Gasteiger partial charge in [0.2, 0.25) is 0 Å². The van der Waals surface area contributed by atoms with Gasteiger partial charge in [0.1, 0.15) is 17.2 Å². The summed E-state index contributed by atoms with van der Waals surface area (Å²) in [6.07, 6.45) is 5.15. The van der Waals surface area contributed by atoms with Crippen LogP contribution in [0.5, 0.6) is 5.75 Å². The topological polar surface area (TPSA) is 107 Å². The van der Waals surface area contributed by atoms with Crippen LogP contribution in [0.1, 0.15) is 0 Å². The first-order valence-electron chi connectivity index (χ1n) is 6.91. The molecule has 3 N–H and O–H groups in total. The van der Waals surface area contributed by atoms with Gasteiger partial charge < -0.3 is 10.5 Å². The van der Waals surface area contributed by atoms with E-state index in [2.05, 4.69) is 25.3 Å². The van der Waals surface area contributed by atoms with Crippen LogP contribution in [0.25, 0.3) is 28.3 Å². The summed E-state index contributed by atoms with van der Waals surface area (Å²) < 4.78 is 7.13. The van der Waals surface area contributed by atoms with E-state index in [-0.39, 0.29) is 0 Å². The molecule has 4 aromatic rings. The second kappa shape index (κ2) is 5.09. The normalized spacial score (nSPS) is 11.0. The molecule has 0 atom stereocenters. The van der Waals surface area contributed by atoms with Gasteiger partial charge in [-0.25, -0.2) is 14.5 Å². The number of hydrogen-bond acceptors (Lipinski definition) is 6. The molecule has 4 heterocycles. The van der Waals surface area contributed by atoms with Gasteiger partial charge in [0.05, 0.1) is 25.2 Å².